The average molecular weight is 349 g/mol. The van der Waals surface area contributed by atoms with Gasteiger partial charge in [0.1, 0.15) is 11.0 Å². The summed E-state index contributed by atoms with van der Waals surface area (Å²) in [6.45, 7) is 0. The van der Waals surface area contributed by atoms with E-state index in [1.165, 1.54) is 5.01 Å². The second-order valence-corrected chi connectivity index (χ2v) is 6.13. The molecule has 0 fully saturated rings. The van der Waals surface area contributed by atoms with Gasteiger partial charge in [-0.25, -0.2) is 5.84 Å². The van der Waals surface area contributed by atoms with Crippen LogP contribution in [0.2, 0.25) is 0 Å². The minimum Gasteiger partial charge on any atom is -0.360 e. The number of para-hydroxylation sites is 2. The Kier molecular flexibility index (Phi) is 3.77. The van der Waals surface area contributed by atoms with Crippen LogP contribution < -0.4 is 5.84 Å². The fourth-order valence-corrected chi connectivity index (χ4v) is 2.94. The second kappa shape index (κ2) is 6.12. The number of nitrogens with two attached hydrogens (primary N) is 1. The molecule has 2 aromatic heterocycles. The molecule has 26 heavy (non-hydrogen) atoms. The van der Waals surface area contributed by atoms with Crippen molar-refractivity contribution in [1.29, 1.82) is 0 Å². The minimum absolute atomic E-state index is 0.624. The molecule has 0 aliphatic carbocycles. The Morgan fingerprint density at radius 2 is 1.23 bits per heavy atom. The van der Waals surface area contributed by atoms with Crippen LogP contribution in [0.25, 0.3) is 33.7 Å². The molecular weight excluding hydrogens is 330 g/mol. The van der Waals surface area contributed by atoms with Crippen LogP contribution in [0.5, 0.6) is 0 Å². The molecule has 4 aromatic rings. The molecule has 2 aromatic carbocycles. The van der Waals surface area contributed by atoms with Crippen LogP contribution in [0.4, 0.5) is 0 Å². The average Bonchev–Trinajstić information content (AvgIpc) is 3.23. The molecule has 0 radical (unpaired) electrons. The van der Waals surface area contributed by atoms with E-state index in [1.807, 2.05) is 67.5 Å². The standard InChI is InChI=1S/C17H19N9/c1-23(2)16(25-14-10-6-4-8-12(14)19-21-25)17(24(3)18)26-15-11-7-5-9-13(15)20-22-26/h4-11H,18H2,1-3H3. The van der Waals surface area contributed by atoms with E-state index >= 15 is 0 Å². The summed E-state index contributed by atoms with van der Waals surface area (Å²) in [7, 11) is 5.61. The second-order valence-electron chi connectivity index (χ2n) is 6.13. The molecule has 0 atom stereocenters. The lowest BCUT2D eigenvalue weighted by molar-refractivity contribution is 0.448. The number of hydrogen-bond acceptors (Lipinski definition) is 7. The number of aromatic nitrogens is 6. The first-order valence-electron chi connectivity index (χ1n) is 8.09. The van der Waals surface area contributed by atoms with Gasteiger partial charge < -0.3 is 4.90 Å². The summed E-state index contributed by atoms with van der Waals surface area (Å²) in [4.78, 5) is 1.93. The maximum absolute atomic E-state index is 6.21. The van der Waals surface area contributed by atoms with Crippen LogP contribution in [0.15, 0.2) is 48.5 Å². The summed E-state index contributed by atoms with van der Waals surface area (Å²) in [5.74, 6) is 7.55. The van der Waals surface area contributed by atoms with E-state index in [0.717, 1.165) is 27.9 Å². The van der Waals surface area contributed by atoms with E-state index < -0.39 is 0 Å². The van der Waals surface area contributed by atoms with Crippen molar-refractivity contribution >= 4 is 33.7 Å². The monoisotopic (exact) mass is 349 g/mol. The van der Waals surface area contributed by atoms with Crippen LogP contribution in [0, 0.1) is 0 Å². The normalized spacial score (nSPS) is 12.5. The quantitative estimate of drug-likeness (QED) is 0.438. The number of benzene rings is 2. The van der Waals surface area contributed by atoms with Gasteiger partial charge in [0.15, 0.2) is 11.6 Å². The molecular formula is C17H19N9. The predicted octanol–water partition coefficient (Wildman–Crippen LogP) is 1.28. The first-order chi connectivity index (χ1) is 12.6. The van der Waals surface area contributed by atoms with Crippen LogP contribution in [-0.2, 0) is 0 Å². The maximum atomic E-state index is 6.21. The largest absolute Gasteiger partial charge is 0.360 e. The molecule has 4 rings (SSSR count). The molecule has 0 amide bonds. The number of fused-ring (bicyclic) bond motifs is 2. The third-order valence-electron chi connectivity index (χ3n) is 4.06. The van der Waals surface area contributed by atoms with Gasteiger partial charge in [0.2, 0.25) is 0 Å². The third kappa shape index (κ3) is 2.45. The Morgan fingerprint density at radius 1 is 0.769 bits per heavy atom. The maximum Gasteiger partial charge on any atom is 0.189 e. The Hall–Kier alpha value is -3.46. The highest BCUT2D eigenvalue weighted by Gasteiger charge is 2.22. The zero-order valence-electron chi connectivity index (χ0n) is 14.8. The number of hydrogen-bond donors (Lipinski definition) is 1. The molecule has 0 saturated carbocycles. The fraction of sp³-hybridized carbons (Fsp3) is 0.176. The predicted molar refractivity (Wildman–Crippen MR) is 100 cm³/mol. The topological polar surface area (TPSA) is 93.9 Å². The van der Waals surface area contributed by atoms with Crippen molar-refractivity contribution in [3.8, 4) is 0 Å². The van der Waals surface area contributed by atoms with E-state index in [0.29, 0.717) is 5.82 Å². The van der Waals surface area contributed by atoms with Crippen molar-refractivity contribution in [2.45, 2.75) is 0 Å². The van der Waals surface area contributed by atoms with Crippen LogP contribution >= 0.6 is 0 Å². The van der Waals surface area contributed by atoms with Crippen molar-refractivity contribution in [3.63, 3.8) is 0 Å². The van der Waals surface area contributed by atoms with E-state index in [9.17, 15) is 0 Å². The van der Waals surface area contributed by atoms with Crippen molar-refractivity contribution in [2.75, 3.05) is 21.1 Å². The lowest BCUT2D eigenvalue weighted by Crippen LogP contribution is -2.33. The number of nitrogens with zero attached hydrogens (tertiary/aromatic N) is 8. The smallest absolute Gasteiger partial charge is 0.189 e. The highest BCUT2D eigenvalue weighted by Crippen LogP contribution is 2.24. The van der Waals surface area contributed by atoms with Gasteiger partial charge in [0.25, 0.3) is 0 Å². The van der Waals surface area contributed by atoms with Crippen molar-refractivity contribution in [2.24, 2.45) is 5.84 Å². The van der Waals surface area contributed by atoms with Gasteiger partial charge >= 0.3 is 0 Å². The van der Waals surface area contributed by atoms with Crippen LogP contribution in [-0.4, -0.2) is 61.0 Å². The van der Waals surface area contributed by atoms with Gasteiger partial charge in [-0.2, -0.15) is 9.36 Å². The van der Waals surface area contributed by atoms with Gasteiger partial charge in [-0.05, 0) is 24.3 Å². The molecule has 9 nitrogen and oxygen atoms in total. The summed E-state index contributed by atoms with van der Waals surface area (Å²) in [5.41, 5.74) is 3.31. The molecule has 0 aliphatic heterocycles. The van der Waals surface area contributed by atoms with E-state index in [-0.39, 0.29) is 0 Å². The molecule has 2 heterocycles. The van der Waals surface area contributed by atoms with Crippen molar-refractivity contribution < 1.29 is 0 Å². The minimum atomic E-state index is 0.624. The summed E-state index contributed by atoms with van der Waals surface area (Å²) >= 11 is 0. The molecule has 0 saturated heterocycles. The summed E-state index contributed by atoms with van der Waals surface area (Å²) < 4.78 is 3.46. The van der Waals surface area contributed by atoms with Gasteiger partial charge in [0.05, 0.1) is 11.0 Å². The zero-order valence-corrected chi connectivity index (χ0v) is 14.8. The molecule has 9 heteroatoms. The first-order valence-corrected chi connectivity index (χ1v) is 8.09. The highest BCUT2D eigenvalue weighted by molar-refractivity contribution is 5.84. The molecule has 132 valence electrons. The van der Waals surface area contributed by atoms with Crippen LogP contribution in [0.3, 0.4) is 0 Å². The lowest BCUT2D eigenvalue weighted by atomic mass is 10.3. The van der Waals surface area contributed by atoms with Crippen LogP contribution in [0.1, 0.15) is 0 Å². The Balaban J connectivity index is 2.06. The number of hydrazine groups is 1. The Morgan fingerprint density at radius 3 is 1.69 bits per heavy atom. The van der Waals surface area contributed by atoms with E-state index in [2.05, 4.69) is 20.6 Å². The lowest BCUT2D eigenvalue weighted by Gasteiger charge is -2.25. The van der Waals surface area contributed by atoms with Gasteiger partial charge in [0, 0.05) is 21.1 Å². The van der Waals surface area contributed by atoms with Crippen molar-refractivity contribution in [1.82, 2.24) is 39.9 Å². The Labute approximate surface area is 149 Å². The highest BCUT2D eigenvalue weighted by atomic mass is 15.6. The van der Waals surface area contributed by atoms with E-state index in [4.69, 9.17) is 5.84 Å². The molecule has 0 unspecified atom stereocenters. The van der Waals surface area contributed by atoms with Gasteiger partial charge in [-0.15, -0.1) is 10.2 Å². The fourth-order valence-electron chi connectivity index (χ4n) is 2.94. The molecule has 0 bridgehead atoms. The van der Waals surface area contributed by atoms with E-state index in [1.54, 1.807) is 16.4 Å². The first kappa shape index (κ1) is 16.0. The molecule has 2 N–H and O–H groups in total. The Bertz CT molecular complexity index is 1020. The third-order valence-corrected chi connectivity index (χ3v) is 4.06. The SMILES string of the molecule is CN(C)C(=C(N(C)N)n1nnc2ccccc21)n1nnc2ccccc21. The zero-order chi connectivity index (χ0) is 18.3. The summed E-state index contributed by atoms with van der Waals surface area (Å²) in [6, 6.07) is 15.5. The molecule has 0 spiro atoms. The van der Waals surface area contributed by atoms with Gasteiger partial charge in [-0.1, -0.05) is 34.7 Å². The number of rotatable bonds is 4. The van der Waals surface area contributed by atoms with Gasteiger partial charge in [-0.3, -0.25) is 5.01 Å². The summed E-state index contributed by atoms with van der Waals surface area (Å²) in [5, 5.41) is 18.6. The molecule has 0 aliphatic rings. The summed E-state index contributed by atoms with van der Waals surface area (Å²) in [6.07, 6.45) is 0. The van der Waals surface area contributed by atoms with Crippen molar-refractivity contribution in [3.05, 3.63) is 48.5 Å².